The number of hydrogen-bond donors (Lipinski definition) is 1. The lowest BCUT2D eigenvalue weighted by Crippen LogP contribution is -2.47. The molecule has 1 saturated heterocycles. The number of anilines is 2. The topological polar surface area (TPSA) is 78.0 Å². The number of alkyl carbamates (subject to hydrolysis) is 1. The SMILES string of the molecule is CCCCCCCCCCCCCCNC(=O)OC(C(C)C)N1C(=O)Cc2cc(CCN3CCN(c4nsc5ccccc45)CC3)c(Cl)cc21. The molecule has 0 saturated carbocycles. The van der Waals surface area contributed by atoms with E-state index in [4.69, 9.17) is 20.7 Å². The number of aromatic nitrogens is 1. The molecule has 1 atom stereocenters. The molecule has 3 aromatic rings. The van der Waals surface area contributed by atoms with E-state index >= 15 is 0 Å². The minimum atomic E-state index is -0.696. The third kappa shape index (κ3) is 10.6. The number of rotatable bonds is 20. The largest absolute Gasteiger partial charge is 0.425 e. The first-order valence-electron chi connectivity index (χ1n) is 19.2. The Labute approximate surface area is 309 Å². The fourth-order valence-electron chi connectivity index (χ4n) is 7.23. The van der Waals surface area contributed by atoms with Gasteiger partial charge in [-0.25, -0.2) is 4.79 Å². The zero-order valence-corrected chi connectivity index (χ0v) is 32.1. The number of nitrogens with one attached hydrogen (secondary N) is 1. The maximum atomic E-state index is 13.3. The van der Waals surface area contributed by atoms with Crippen LogP contribution >= 0.6 is 23.1 Å². The Bertz CT molecular complexity index is 1520. The Morgan fingerprint density at radius 1 is 0.940 bits per heavy atom. The highest BCUT2D eigenvalue weighted by Gasteiger charge is 2.37. The molecule has 50 heavy (non-hydrogen) atoms. The van der Waals surface area contributed by atoms with Gasteiger partial charge in [0.05, 0.1) is 16.8 Å². The average Bonchev–Trinajstić information content (AvgIpc) is 3.68. The zero-order valence-electron chi connectivity index (χ0n) is 30.6. The lowest BCUT2D eigenvalue weighted by atomic mass is 10.0. The summed E-state index contributed by atoms with van der Waals surface area (Å²) in [6.45, 7) is 11.5. The van der Waals surface area contributed by atoms with Crippen molar-refractivity contribution in [1.29, 1.82) is 0 Å². The molecule has 0 bridgehead atoms. The number of hydrogen-bond acceptors (Lipinski definition) is 7. The van der Waals surface area contributed by atoms with E-state index in [2.05, 4.69) is 52.4 Å². The van der Waals surface area contributed by atoms with Crippen LogP contribution in [0.15, 0.2) is 36.4 Å². The molecule has 8 nitrogen and oxygen atoms in total. The van der Waals surface area contributed by atoms with E-state index in [0.717, 1.165) is 74.6 Å². The molecule has 274 valence electrons. The van der Waals surface area contributed by atoms with Crippen molar-refractivity contribution in [3.63, 3.8) is 0 Å². The maximum Gasteiger partial charge on any atom is 0.409 e. The van der Waals surface area contributed by atoms with Crippen LogP contribution in [0.1, 0.15) is 109 Å². The molecule has 1 N–H and O–H groups in total. The fraction of sp³-hybridized carbons (Fsp3) is 0.625. The van der Waals surface area contributed by atoms with Crippen molar-refractivity contribution in [2.24, 2.45) is 5.92 Å². The number of fused-ring (bicyclic) bond motifs is 2. The van der Waals surface area contributed by atoms with E-state index < -0.39 is 12.3 Å². The highest BCUT2D eigenvalue weighted by atomic mass is 35.5. The van der Waals surface area contributed by atoms with Crippen LogP contribution in [0.5, 0.6) is 0 Å². The summed E-state index contributed by atoms with van der Waals surface area (Å²) in [5.41, 5.74) is 2.75. The van der Waals surface area contributed by atoms with Gasteiger partial charge in [0.15, 0.2) is 6.23 Å². The highest BCUT2D eigenvalue weighted by molar-refractivity contribution is 7.13. The van der Waals surface area contributed by atoms with Gasteiger partial charge in [-0.05, 0) is 53.7 Å². The third-order valence-electron chi connectivity index (χ3n) is 10.2. The molecular weight excluding hydrogens is 666 g/mol. The lowest BCUT2D eigenvalue weighted by molar-refractivity contribution is -0.119. The standard InChI is InChI=1S/C40H58ClN5O3S/c1-4-5-6-7-8-9-10-11-12-13-14-17-21-42-40(48)49-39(30(2)3)46-35-29-34(41)31(27-32(35)28-37(46)47)20-22-44-23-25-45(26-24-44)38-33-18-15-16-19-36(33)50-43-38/h15-16,18-19,27,29-30,39H,4-14,17,20-26,28H2,1-3H3,(H,42,48). The molecule has 2 aromatic carbocycles. The van der Waals surface area contributed by atoms with E-state index in [1.54, 1.807) is 16.4 Å². The number of nitrogens with zero attached hydrogens (tertiary/aromatic N) is 4. The summed E-state index contributed by atoms with van der Waals surface area (Å²) in [4.78, 5) is 32.7. The van der Waals surface area contributed by atoms with Crippen LogP contribution < -0.4 is 15.1 Å². The molecular formula is C40H58ClN5O3S. The van der Waals surface area contributed by atoms with Crippen LogP contribution in [0.25, 0.3) is 10.1 Å². The number of carbonyl (C=O) groups excluding carboxylic acids is 2. The quantitative estimate of drug-likeness (QED) is 0.117. The summed E-state index contributed by atoms with van der Waals surface area (Å²) in [7, 11) is 0. The molecule has 2 aliphatic heterocycles. The van der Waals surface area contributed by atoms with Gasteiger partial charge in [-0.15, -0.1) is 0 Å². The van der Waals surface area contributed by atoms with Gasteiger partial charge in [0.25, 0.3) is 0 Å². The first-order chi connectivity index (χ1) is 24.4. The predicted octanol–water partition coefficient (Wildman–Crippen LogP) is 9.61. The van der Waals surface area contributed by atoms with E-state index in [0.29, 0.717) is 11.6 Å². The molecule has 5 rings (SSSR count). The number of piperazine rings is 1. The van der Waals surface area contributed by atoms with E-state index in [1.165, 1.54) is 74.3 Å². The molecule has 2 aliphatic rings. The molecule has 0 spiro atoms. The Balaban J connectivity index is 1.04. The van der Waals surface area contributed by atoms with Gasteiger partial charge in [0, 0.05) is 55.6 Å². The van der Waals surface area contributed by atoms with E-state index in [-0.39, 0.29) is 18.2 Å². The summed E-state index contributed by atoms with van der Waals surface area (Å²) >= 11 is 8.42. The minimum absolute atomic E-state index is 0.0636. The van der Waals surface area contributed by atoms with Crippen LogP contribution in [0.4, 0.5) is 16.3 Å². The summed E-state index contributed by atoms with van der Waals surface area (Å²) < 4.78 is 11.9. The van der Waals surface area contributed by atoms with Gasteiger partial charge in [-0.3, -0.25) is 14.6 Å². The van der Waals surface area contributed by atoms with Crippen molar-refractivity contribution in [2.75, 3.05) is 49.1 Å². The maximum absolute atomic E-state index is 13.3. The Morgan fingerprint density at radius 3 is 2.28 bits per heavy atom. The second-order valence-corrected chi connectivity index (χ2v) is 15.7. The summed E-state index contributed by atoms with van der Waals surface area (Å²) in [6.07, 6.45) is 15.2. The van der Waals surface area contributed by atoms with Gasteiger partial charge in [0.2, 0.25) is 5.91 Å². The second-order valence-electron chi connectivity index (χ2n) is 14.4. The summed E-state index contributed by atoms with van der Waals surface area (Å²) in [5, 5.41) is 4.80. The molecule has 10 heteroatoms. The van der Waals surface area contributed by atoms with Crippen molar-refractivity contribution in [3.8, 4) is 0 Å². The number of benzene rings is 2. The van der Waals surface area contributed by atoms with Crippen LogP contribution in [0.3, 0.4) is 0 Å². The highest BCUT2D eigenvalue weighted by Crippen LogP contribution is 2.37. The molecule has 3 heterocycles. The van der Waals surface area contributed by atoms with Crippen molar-refractivity contribution in [1.82, 2.24) is 14.6 Å². The van der Waals surface area contributed by atoms with Crippen LogP contribution in [0.2, 0.25) is 5.02 Å². The smallest absolute Gasteiger partial charge is 0.409 e. The Kier molecular flexibility index (Phi) is 15.1. The van der Waals surface area contributed by atoms with Crippen LogP contribution in [0, 0.1) is 5.92 Å². The monoisotopic (exact) mass is 723 g/mol. The number of halogens is 1. The van der Waals surface area contributed by atoms with Crippen LogP contribution in [-0.4, -0.2) is 66.8 Å². The van der Waals surface area contributed by atoms with E-state index in [1.807, 2.05) is 19.9 Å². The summed E-state index contributed by atoms with van der Waals surface area (Å²) in [6, 6.07) is 12.4. The lowest BCUT2D eigenvalue weighted by Gasteiger charge is -2.35. The molecule has 1 fully saturated rings. The van der Waals surface area contributed by atoms with Crippen molar-refractivity contribution in [2.45, 2.75) is 117 Å². The number of unbranched alkanes of at least 4 members (excludes halogenated alkanes) is 11. The molecule has 0 aliphatic carbocycles. The van der Waals surface area contributed by atoms with Gasteiger partial charge in [0.1, 0.15) is 5.82 Å². The van der Waals surface area contributed by atoms with Crippen molar-refractivity contribution < 1.29 is 14.3 Å². The molecule has 1 unspecified atom stereocenters. The third-order valence-corrected chi connectivity index (χ3v) is 11.4. The van der Waals surface area contributed by atoms with Crippen LogP contribution in [-0.2, 0) is 22.4 Å². The average molecular weight is 724 g/mol. The molecule has 0 radical (unpaired) electrons. The molecule has 1 aromatic heterocycles. The number of amides is 2. The first kappa shape index (κ1) is 38.4. The second kappa shape index (κ2) is 19.7. The van der Waals surface area contributed by atoms with Gasteiger partial charge in [-0.2, -0.15) is 4.37 Å². The predicted molar refractivity (Wildman–Crippen MR) is 209 cm³/mol. The normalized spacial score (nSPS) is 15.7. The minimum Gasteiger partial charge on any atom is -0.425 e. The zero-order chi connectivity index (χ0) is 35.3. The van der Waals surface area contributed by atoms with Gasteiger partial charge in [-0.1, -0.05) is 121 Å². The molecule has 2 amide bonds. The Hall–Kier alpha value is -2.88. The van der Waals surface area contributed by atoms with Crippen molar-refractivity contribution in [3.05, 3.63) is 52.5 Å². The Morgan fingerprint density at radius 2 is 1.60 bits per heavy atom. The van der Waals surface area contributed by atoms with E-state index in [9.17, 15) is 9.59 Å². The fourth-order valence-corrected chi connectivity index (χ4v) is 8.28. The van der Waals surface area contributed by atoms with Gasteiger partial charge < -0.3 is 15.0 Å². The van der Waals surface area contributed by atoms with Gasteiger partial charge >= 0.3 is 6.09 Å². The van der Waals surface area contributed by atoms with Crippen molar-refractivity contribution >= 4 is 56.7 Å². The number of carbonyl (C=O) groups is 2. The number of ether oxygens (including phenoxy) is 1. The summed E-state index contributed by atoms with van der Waals surface area (Å²) in [5.74, 6) is 0.954. The first-order valence-corrected chi connectivity index (χ1v) is 20.4.